The second-order valence-corrected chi connectivity index (χ2v) is 8.19. The number of carboxylic acid groups (broad SMARTS) is 1. The number of nitrogens with zero attached hydrogens (tertiary/aromatic N) is 1. The minimum atomic E-state index is -3.43. The number of sulfone groups is 1. The normalized spacial score (nSPS) is 12.8. The van der Waals surface area contributed by atoms with E-state index in [1.54, 1.807) is 6.92 Å². The molecule has 1 aromatic rings. The summed E-state index contributed by atoms with van der Waals surface area (Å²) < 4.78 is 87.0. The van der Waals surface area contributed by atoms with Crippen LogP contribution >= 0.6 is 0 Å². The van der Waals surface area contributed by atoms with Gasteiger partial charge in [0.15, 0.2) is 17.5 Å². The monoisotopic (exact) mass is 402 g/mol. The lowest BCUT2D eigenvalue weighted by Crippen LogP contribution is -2.30. The van der Waals surface area contributed by atoms with Crippen molar-refractivity contribution in [1.82, 2.24) is 0 Å². The molecule has 0 saturated carbocycles. The molecule has 1 unspecified atom stereocenters. The first-order chi connectivity index (χ1) is 11.5. The second-order valence-electron chi connectivity index (χ2n) is 5.01. The molecule has 0 aliphatic carbocycles. The van der Waals surface area contributed by atoms with Crippen molar-refractivity contribution in [2.45, 2.75) is 19.8 Å². The molecule has 7 nitrogen and oxygen atoms in total. The molecule has 0 spiro atoms. The summed E-state index contributed by atoms with van der Waals surface area (Å²) in [6, 6.07) is 0.202. The largest absolute Gasteiger partial charge is 0.755 e. The van der Waals surface area contributed by atoms with Crippen LogP contribution in [-0.2, 0) is 21.1 Å². The minimum Gasteiger partial charge on any atom is -0.755 e. The summed E-state index contributed by atoms with van der Waals surface area (Å²) in [6.45, 7) is 1.08. The molecule has 12 heteroatoms. The van der Waals surface area contributed by atoms with Gasteiger partial charge >= 0.3 is 5.97 Å². The molecule has 1 N–H and O–H groups in total. The molecular formula is C13H15F3NO6S2-. The molecule has 0 bridgehead atoms. The number of carbonyl (C=O) groups is 1. The van der Waals surface area contributed by atoms with Crippen LogP contribution in [0.15, 0.2) is 6.07 Å². The van der Waals surface area contributed by atoms with E-state index in [2.05, 4.69) is 0 Å². The van der Waals surface area contributed by atoms with Crippen LogP contribution in [0.4, 0.5) is 18.9 Å². The number of rotatable bonds is 9. The molecule has 1 atom stereocenters. The van der Waals surface area contributed by atoms with Gasteiger partial charge in [-0.25, -0.2) is 26.4 Å². The first kappa shape index (κ1) is 21.4. The lowest BCUT2D eigenvalue weighted by molar-refractivity contribution is 0.0685. The van der Waals surface area contributed by atoms with Gasteiger partial charge in [-0.1, -0.05) is 6.92 Å². The Hall–Kier alpha value is -1.66. The summed E-state index contributed by atoms with van der Waals surface area (Å²) in [5.74, 6) is -8.11. The highest BCUT2D eigenvalue weighted by Crippen LogP contribution is 2.28. The van der Waals surface area contributed by atoms with Crippen molar-refractivity contribution in [2.24, 2.45) is 0 Å². The Kier molecular flexibility index (Phi) is 7.38. The van der Waals surface area contributed by atoms with Gasteiger partial charge in [0, 0.05) is 29.6 Å². The molecule has 1 aromatic carbocycles. The molecule has 0 saturated heterocycles. The van der Waals surface area contributed by atoms with Crippen molar-refractivity contribution in [3.63, 3.8) is 0 Å². The fourth-order valence-electron chi connectivity index (χ4n) is 2.08. The Morgan fingerprint density at radius 2 is 1.88 bits per heavy atom. The Balaban J connectivity index is 3.16. The topological polar surface area (TPSA) is 115 Å². The first-order valence-corrected chi connectivity index (χ1v) is 9.85. The predicted octanol–water partition coefficient (Wildman–Crippen LogP) is 1.62. The van der Waals surface area contributed by atoms with Gasteiger partial charge in [0.2, 0.25) is 0 Å². The molecule has 0 fully saturated rings. The van der Waals surface area contributed by atoms with E-state index in [1.165, 1.54) is 0 Å². The van der Waals surface area contributed by atoms with Crippen molar-refractivity contribution in [2.75, 3.05) is 22.4 Å². The Morgan fingerprint density at radius 3 is 2.36 bits per heavy atom. The van der Waals surface area contributed by atoms with Crippen LogP contribution in [0.2, 0.25) is 0 Å². The maximum Gasteiger partial charge on any atom is 0.341 e. The second kappa shape index (κ2) is 8.63. The van der Waals surface area contributed by atoms with Gasteiger partial charge in [0.05, 0.1) is 11.4 Å². The smallest absolute Gasteiger partial charge is 0.341 e. The summed E-state index contributed by atoms with van der Waals surface area (Å²) in [5, 5.41) is 8.76. The lowest BCUT2D eigenvalue weighted by atomic mass is 10.1. The average molecular weight is 402 g/mol. The number of carboxylic acids is 1. The fourth-order valence-corrected chi connectivity index (χ4v) is 4.04. The number of halogens is 3. The van der Waals surface area contributed by atoms with Crippen LogP contribution < -0.4 is 4.31 Å². The van der Waals surface area contributed by atoms with Crippen LogP contribution in [0.3, 0.4) is 0 Å². The molecular weight excluding hydrogens is 387 g/mol. The summed E-state index contributed by atoms with van der Waals surface area (Å²) in [7, 11) is -3.43. The maximum atomic E-state index is 14.1. The highest BCUT2D eigenvalue weighted by atomic mass is 32.2. The van der Waals surface area contributed by atoms with Gasteiger partial charge in [-0.2, -0.15) is 0 Å². The lowest BCUT2D eigenvalue weighted by Gasteiger charge is -2.27. The van der Waals surface area contributed by atoms with Crippen molar-refractivity contribution in [3.8, 4) is 0 Å². The van der Waals surface area contributed by atoms with Crippen molar-refractivity contribution >= 4 is 32.8 Å². The van der Waals surface area contributed by atoms with Crippen molar-refractivity contribution < 1.29 is 40.3 Å². The zero-order chi connectivity index (χ0) is 19.4. The maximum absolute atomic E-state index is 14.1. The number of anilines is 1. The van der Waals surface area contributed by atoms with Crippen LogP contribution in [0.1, 0.15) is 30.1 Å². The highest BCUT2D eigenvalue weighted by molar-refractivity contribution is 7.91. The minimum absolute atomic E-state index is 0.115. The van der Waals surface area contributed by atoms with E-state index in [4.69, 9.17) is 5.11 Å². The third-order valence-corrected chi connectivity index (χ3v) is 5.81. The standard InChI is InChI=1S/C13H16F3NO6S2/c1-2-5-25(22,23)6-3-4-17(24(20)21)9-7-8(14)11(15)10(12(9)16)13(18)19/h7H,2-6H2,1H3,(H,18,19)(H,20,21)/p-1. The van der Waals surface area contributed by atoms with E-state index in [-0.39, 0.29) is 22.5 Å². The molecule has 0 heterocycles. The van der Waals surface area contributed by atoms with E-state index in [9.17, 15) is 35.1 Å². The first-order valence-electron chi connectivity index (χ1n) is 7.00. The molecule has 0 radical (unpaired) electrons. The fraction of sp³-hybridized carbons (Fsp3) is 0.462. The quantitative estimate of drug-likeness (QED) is 0.496. The summed E-state index contributed by atoms with van der Waals surface area (Å²) in [4.78, 5) is 10.9. The van der Waals surface area contributed by atoms with Crippen molar-refractivity contribution in [3.05, 3.63) is 29.1 Å². The summed E-state index contributed by atoms with van der Waals surface area (Å²) in [5.41, 5.74) is -2.65. The molecule has 25 heavy (non-hydrogen) atoms. The van der Waals surface area contributed by atoms with Crippen molar-refractivity contribution in [1.29, 1.82) is 0 Å². The third-order valence-electron chi connectivity index (χ3n) is 3.13. The van der Waals surface area contributed by atoms with Gasteiger partial charge < -0.3 is 9.66 Å². The zero-order valence-corrected chi connectivity index (χ0v) is 14.6. The van der Waals surface area contributed by atoms with Crippen LogP contribution in [0.5, 0.6) is 0 Å². The summed E-state index contributed by atoms with van der Waals surface area (Å²) >= 11 is -3.17. The number of benzene rings is 1. The highest BCUT2D eigenvalue weighted by Gasteiger charge is 2.27. The van der Waals surface area contributed by atoms with Crippen LogP contribution in [0.25, 0.3) is 0 Å². The third kappa shape index (κ3) is 5.41. The van der Waals surface area contributed by atoms with E-state index in [0.717, 1.165) is 0 Å². The van der Waals surface area contributed by atoms with E-state index >= 15 is 0 Å². The molecule has 0 aromatic heterocycles. The van der Waals surface area contributed by atoms with E-state index in [0.29, 0.717) is 6.42 Å². The van der Waals surface area contributed by atoms with Gasteiger partial charge in [0.25, 0.3) is 0 Å². The molecule has 1 rings (SSSR count). The zero-order valence-electron chi connectivity index (χ0n) is 13.0. The van der Waals surface area contributed by atoms with E-state index < -0.39 is 68.1 Å². The molecule has 0 amide bonds. The van der Waals surface area contributed by atoms with Gasteiger partial charge in [-0.3, -0.25) is 8.51 Å². The number of hydrogen-bond donors (Lipinski definition) is 1. The SMILES string of the molecule is CCCS(=O)(=O)CCCN(c1cc(F)c(F)c(C(=O)O)c1F)S(=O)[O-]. The van der Waals surface area contributed by atoms with Crippen LogP contribution in [-0.4, -0.2) is 46.3 Å². The molecule has 0 aliphatic heterocycles. The Labute approximate surface area is 144 Å². The molecule has 142 valence electrons. The van der Waals surface area contributed by atoms with Gasteiger partial charge in [-0.05, 0) is 12.8 Å². The Bertz CT molecular complexity index is 784. The summed E-state index contributed by atoms with van der Waals surface area (Å²) in [6.07, 6.45) is 0.121. The van der Waals surface area contributed by atoms with Gasteiger partial charge in [0.1, 0.15) is 15.4 Å². The molecule has 0 aliphatic rings. The number of hydrogen-bond acceptors (Lipinski definition) is 5. The van der Waals surface area contributed by atoms with Crippen LogP contribution in [0, 0.1) is 17.5 Å². The Morgan fingerprint density at radius 1 is 1.28 bits per heavy atom. The number of aromatic carboxylic acids is 1. The average Bonchev–Trinajstić information content (AvgIpc) is 2.47. The predicted molar refractivity (Wildman–Crippen MR) is 83.1 cm³/mol. The van der Waals surface area contributed by atoms with E-state index in [1.807, 2.05) is 0 Å². The van der Waals surface area contributed by atoms with Gasteiger partial charge in [-0.15, -0.1) is 0 Å².